The van der Waals surface area contributed by atoms with Gasteiger partial charge in [0.25, 0.3) is 0 Å². The van der Waals surface area contributed by atoms with E-state index < -0.39 is 35.5 Å². The molecule has 0 bridgehead atoms. The van der Waals surface area contributed by atoms with Crippen LogP contribution in [0.2, 0.25) is 0 Å². The number of hydrogen-bond acceptors (Lipinski definition) is 17. The van der Waals surface area contributed by atoms with Gasteiger partial charge < -0.3 is 21.0 Å². The number of sulfone groups is 3. The third-order valence-corrected chi connectivity index (χ3v) is 11.7. The molecule has 248 valence electrons. The van der Waals surface area contributed by atoms with Crippen LogP contribution >= 0.6 is 11.8 Å². The molecule has 0 aromatic carbocycles. The fraction of sp³-hybridized carbons (Fsp3) is 0.818. The molecular weight excluding hydrogens is 643 g/mol. The van der Waals surface area contributed by atoms with Crippen LogP contribution < -0.4 is 11.6 Å². The van der Waals surface area contributed by atoms with Crippen LogP contribution in [0.25, 0.3) is 0 Å². The summed E-state index contributed by atoms with van der Waals surface area (Å²) in [5.74, 6) is 6.39. The molecule has 4 aliphatic rings. The first kappa shape index (κ1) is 42.5. The smallest absolute Gasteiger partial charge is 0.339 e. The van der Waals surface area contributed by atoms with Crippen molar-refractivity contribution < 1.29 is 60.2 Å². The molecule has 0 atom stereocenters. The molecule has 4 heterocycles. The Bertz CT molecular complexity index is 1120. The molecule has 0 saturated carbocycles. The van der Waals surface area contributed by atoms with Gasteiger partial charge in [0.2, 0.25) is 0 Å². The van der Waals surface area contributed by atoms with Gasteiger partial charge in [0.15, 0.2) is 19.7 Å². The maximum atomic E-state index is 10.8. The van der Waals surface area contributed by atoms with E-state index in [1.165, 1.54) is 0 Å². The number of nitrogens with two attached hydrogens (primary N) is 2. The number of Topliss-reactive ketones (excluding diaryl/α,β-unsaturated/α-hetero) is 2. The van der Waals surface area contributed by atoms with Crippen LogP contribution in [0.5, 0.6) is 0 Å². The van der Waals surface area contributed by atoms with Gasteiger partial charge in [-0.15, -0.1) is 0 Å². The van der Waals surface area contributed by atoms with Crippen molar-refractivity contribution in [3.8, 4) is 0 Å². The minimum Gasteiger partial charge on any atom is -0.411 e. The maximum Gasteiger partial charge on any atom is 0.339 e. The number of nitrogens with zero attached hydrogens (tertiary/aromatic N) is 1. The molecule has 0 aliphatic carbocycles. The van der Waals surface area contributed by atoms with Crippen molar-refractivity contribution in [2.75, 3.05) is 46.0 Å². The van der Waals surface area contributed by atoms with Gasteiger partial charge in [-0.3, -0.25) is 9.59 Å². The molecule has 20 heteroatoms. The Labute approximate surface area is 251 Å². The average molecular weight is 686 g/mol. The van der Waals surface area contributed by atoms with Crippen molar-refractivity contribution in [3.05, 3.63) is 0 Å². The van der Waals surface area contributed by atoms with Crippen LogP contribution in [-0.4, -0.2) is 116 Å². The van der Waals surface area contributed by atoms with Crippen molar-refractivity contribution in [2.24, 2.45) is 16.8 Å². The van der Waals surface area contributed by atoms with E-state index in [0.29, 0.717) is 37.2 Å². The van der Waals surface area contributed by atoms with Gasteiger partial charge >= 0.3 is 5.97 Å². The van der Waals surface area contributed by atoms with Gasteiger partial charge in [0.1, 0.15) is 21.4 Å². The highest BCUT2D eigenvalue weighted by molar-refractivity contribution is 7.99. The molecule has 0 aromatic heterocycles. The van der Waals surface area contributed by atoms with Gasteiger partial charge in [-0.1, -0.05) is 5.16 Å². The highest BCUT2D eigenvalue weighted by atomic mass is 32.2. The zero-order valence-corrected chi connectivity index (χ0v) is 26.8. The number of ketones is 2. The average Bonchev–Trinajstić information content (AvgIpc) is 2.95. The highest BCUT2D eigenvalue weighted by Gasteiger charge is 2.21. The van der Waals surface area contributed by atoms with Crippen LogP contribution in [0.3, 0.4) is 0 Å². The second-order valence-corrected chi connectivity index (χ2v) is 17.4. The van der Waals surface area contributed by atoms with Crippen molar-refractivity contribution in [2.45, 2.75) is 64.3 Å². The zero-order valence-electron chi connectivity index (χ0n) is 23.6. The van der Waals surface area contributed by atoms with E-state index in [1.54, 1.807) is 0 Å². The molecule has 4 aliphatic heterocycles. The summed E-state index contributed by atoms with van der Waals surface area (Å²) in [6.45, 7) is 1.11. The number of hydrogen-bond donors (Lipinski definition) is 5. The SMILES string of the molecule is CC(=O)OO.NC1CCS(=O)(=O)CC1.NO.O=C1CCS(=O)(=O)CC1.O=C1CCSCC1.O=S1(=O)CCC(=NO)CC1. The van der Waals surface area contributed by atoms with Crippen molar-refractivity contribution >= 4 is 64.5 Å². The molecule has 4 rings (SSSR count). The van der Waals surface area contributed by atoms with E-state index in [4.69, 9.17) is 21.4 Å². The largest absolute Gasteiger partial charge is 0.411 e. The summed E-state index contributed by atoms with van der Waals surface area (Å²) in [5, 5.41) is 25.0. The lowest BCUT2D eigenvalue weighted by atomic mass is 10.2. The van der Waals surface area contributed by atoms with E-state index in [-0.39, 0.29) is 59.2 Å². The normalized spacial score (nSPS) is 22.1. The molecular formula is C22H43N3O13S4. The van der Waals surface area contributed by atoms with Crippen LogP contribution in [-0.2, 0) is 48.8 Å². The summed E-state index contributed by atoms with van der Waals surface area (Å²) in [5.41, 5.74) is 6.08. The molecule has 7 N–H and O–H groups in total. The van der Waals surface area contributed by atoms with Crippen molar-refractivity contribution in [1.29, 1.82) is 0 Å². The van der Waals surface area contributed by atoms with Crippen LogP contribution in [0, 0.1) is 0 Å². The molecule has 0 unspecified atom stereocenters. The standard InChI is InChI=1S/C5H9NO3S.C5H11NO2S.C5H8O3S.C5H8OS.C2H4O3.H3NO/c7-6-5-1-3-10(8,9)4-2-5;2*6-5-1-3-9(7,8)4-2-5;6-5-1-3-7-4-2-5;1-2(3)5-4;1-2/h7H,1-4H2;5H,1-4,6H2;1-4H2;1-4H2;4H,1H3;2H,1H2. The van der Waals surface area contributed by atoms with Gasteiger partial charge in [-0.2, -0.15) is 17.0 Å². The first-order valence-electron chi connectivity index (χ1n) is 12.8. The molecule has 0 spiro atoms. The minimum absolute atomic E-state index is 0.0613. The van der Waals surface area contributed by atoms with Crippen LogP contribution in [0.1, 0.15) is 58.3 Å². The molecule has 0 radical (unpaired) electrons. The monoisotopic (exact) mass is 685 g/mol. The third kappa shape index (κ3) is 24.9. The summed E-state index contributed by atoms with van der Waals surface area (Å²) in [6.07, 6.45) is 4.13. The van der Waals surface area contributed by atoms with E-state index in [2.05, 4.69) is 15.9 Å². The minimum atomic E-state index is -2.84. The predicted octanol–water partition coefficient (Wildman–Crippen LogP) is -0.249. The van der Waals surface area contributed by atoms with Gasteiger partial charge in [-0.25, -0.2) is 35.9 Å². The summed E-state index contributed by atoms with van der Waals surface area (Å²) < 4.78 is 64.3. The molecule has 0 amide bonds. The lowest BCUT2D eigenvalue weighted by molar-refractivity contribution is -0.231. The molecule has 42 heavy (non-hydrogen) atoms. The van der Waals surface area contributed by atoms with Gasteiger partial charge in [0.05, 0.1) is 40.2 Å². The lowest BCUT2D eigenvalue weighted by Gasteiger charge is -2.16. The Morgan fingerprint density at radius 3 is 1.36 bits per heavy atom. The molecule has 4 fully saturated rings. The fourth-order valence-electron chi connectivity index (χ4n) is 3.15. The topological polar surface area (TPSA) is 288 Å². The van der Waals surface area contributed by atoms with E-state index in [9.17, 15) is 39.6 Å². The Morgan fingerprint density at radius 2 is 1.10 bits per heavy atom. The summed E-state index contributed by atoms with van der Waals surface area (Å²) in [7, 11) is -8.35. The van der Waals surface area contributed by atoms with E-state index >= 15 is 0 Å². The van der Waals surface area contributed by atoms with Crippen molar-refractivity contribution in [1.82, 2.24) is 0 Å². The Kier molecular flexibility index (Phi) is 23.0. The first-order valence-corrected chi connectivity index (χ1v) is 19.4. The number of oxime groups is 1. The number of carbonyl (C=O) groups is 3. The number of rotatable bonds is 0. The van der Waals surface area contributed by atoms with E-state index in [1.807, 2.05) is 11.8 Å². The second kappa shape index (κ2) is 22.8. The van der Waals surface area contributed by atoms with Gasteiger partial charge in [-0.05, 0) is 12.8 Å². The number of carbonyl (C=O) groups excluding carboxylic acids is 3. The molecule has 0 aromatic rings. The maximum absolute atomic E-state index is 10.8. The Morgan fingerprint density at radius 1 is 0.762 bits per heavy atom. The van der Waals surface area contributed by atoms with Gasteiger partial charge in [0, 0.05) is 63.0 Å². The lowest BCUT2D eigenvalue weighted by Crippen LogP contribution is -2.32. The first-order chi connectivity index (χ1) is 19.5. The number of thioether (sulfide) groups is 1. The Balaban J connectivity index is 0. The summed E-state index contributed by atoms with van der Waals surface area (Å²) in [6, 6.07) is 0.119. The highest BCUT2D eigenvalue weighted by Crippen LogP contribution is 2.12. The Hall–Kier alpha value is -1.68. The van der Waals surface area contributed by atoms with Crippen LogP contribution in [0.4, 0.5) is 0 Å². The quantitative estimate of drug-likeness (QED) is 0.125. The summed E-state index contributed by atoms with van der Waals surface area (Å²) in [4.78, 5) is 33.4. The zero-order chi connectivity index (χ0) is 32.8. The summed E-state index contributed by atoms with van der Waals surface area (Å²) >= 11 is 1.88. The van der Waals surface area contributed by atoms with Crippen LogP contribution in [0.15, 0.2) is 5.16 Å². The predicted molar refractivity (Wildman–Crippen MR) is 158 cm³/mol. The second-order valence-electron chi connectivity index (χ2n) is 9.23. The van der Waals surface area contributed by atoms with Crippen molar-refractivity contribution in [3.63, 3.8) is 0 Å². The fourth-order valence-corrected chi connectivity index (χ4v) is 8.20. The molecule has 16 nitrogen and oxygen atoms in total. The third-order valence-electron chi connectivity index (χ3n) is 5.71. The van der Waals surface area contributed by atoms with E-state index in [0.717, 1.165) is 31.3 Å². The molecule has 4 saturated heterocycles.